The van der Waals surface area contributed by atoms with E-state index in [1.165, 1.54) is 18.2 Å². The van der Waals surface area contributed by atoms with Crippen LogP contribution in [0, 0.1) is 17.6 Å². The van der Waals surface area contributed by atoms with Crippen LogP contribution in [0.5, 0.6) is 0 Å². The van der Waals surface area contributed by atoms with Crippen LogP contribution in [0.2, 0.25) is 0 Å². The van der Waals surface area contributed by atoms with Crippen molar-refractivity contribution in [2.75, 3.05) is 5.32 Å². The van der Waals surface area contributed by atoms with Gasteiger partial charge in [-0.15, -0.1) is 0 Å². The SMILES string of the molecule is O=C(Nc1ccc(F)c(F)c1)C1C=CC=C(S(=O)(=O)NC2CCC(O)CC2)C1. The van der Waals surface area contributed by atoms with Gasteiger partial charge in [-0.2, -0.15) is 0 Å². The van der Waals surface area contributed by atoms with Crippen LogP contribution in [0.1, 0.15) is 32.1 Å². The number of aliphatic hydroxyl groups is 1. The molecule has 1 amide bonds. The summed E-state index contributed by atoms with van der Waals surface area (Å²) in [7, 11) is -3.76. The molecule has 152 valence electrons. The zero-order valence-electron chi connectivity index (χ0n) is 15.1. The van der Waals surface area contributed by atoms with Crippen molar-refractivity contribution in [2.24, 2.45) is 5.92 Å². The van der Waals surface area contributed by atoms with E-state index in [0.717, 1.165) is 12.1 Å². The first-order valence-corrected chi connectivity index (χ1v) is 10.6. The highest BCUT2D eigenvalue weighted by atomic mass is 32.2. The van der Waals surface area contributed by atoms with Gasteiger partial charge >= 0.3 is 0 Å². The maximum Gasteiger partial charge on any atom is 0.236 e. The summed E-state index contributed by atoms with van der Waals surface area (Å²) in [5.74, 6) is -3.36. The van der Waals surface area contributed by atoms with E-state index in [-0.39, 0.29) is 29.2 Å². The normalized spacial score (nSPS) is 25.2. The second kappa shape index (κ2) is 8.50. The maximum absolute atomic E-state index is 13.3. The first kappa shape index (κ1) is 20.6. The highest BCUT2D eigenvalue weighted by Gasteiger charge is 2.30. The number of sulfonamides is 1. The van der Waals surface area contributed by atoms with Gasteiger partial charge in [0.15, 0.2) is 11.6 Å². The average Bonchev–Trinajstić information content (AvgIpc) is 2.66. The fourth-order valence-electron chi connectivity index (χ4n) is 3.33. The largest absolute Gasteiger partial charge is 0.393 e. The molecule has 0 aliphatic heterocycles. The number of amides is 1. The van der Waals surface area contributed by atoms with Crippen molar-refractivity contribution < 1.29 is 27.1 Å². The number of benzene rings is 1. The maximum atomic E-state index is 13.3. The second-order valence-electron chi connectivity index (χ2n) is 7.07. The van der Waals surface area contributed by atoms with Crippen LogP contribution in [-0.2, 0) is 14.8 Å². The zero-order valence-corrected chi connectivity index (χ0v) is 15.9. The van der Waals surface area contributed by atoms with Crippen LogP contribution in [0.15, 0.2) is 41.3 Å². The summed E-state index contributed by atoms with van der Waals surface area (Å²) in [6.07, 6.45) is 6.30. The van der Waals surface area contributed by atoms with E-state index < -0.39 is 33.5 Å². The van der Waals surface area contributed by atoms with E-state index in [4.69, 9.17) is 0 Å². The van der Waals surface area contributed by atoms with Crippen molar-refractivity contribution in [3.05, 3.63) is 53.0 Å². The van der Waals surface area contributed by atoms with E-state index in [0.29, 0.717) is 25.7 Å². The molecule has 6 nitrogen and oxygen atoms in total. The van der Waals surface area contributed by atoms with Crippen molar-refractivity contribution in [3.63, 3.8) is 0 Å². The van der Waals surface area contributed by atoms with Crippen molar-refractivity contribution >= 4 is 21.6 Å². The molecular weight excluding hydrogens is 390 g/mol. The monoisotopic (exact) mass is 412 g/mol. The van der Waals surface area contributed by atoms with Gasteiger partial charge in [-0.25, -0.2) is 21.9 Å². The summed E-state index contributed by atoms with van der Waals surface area (Å²) < 4.78 is 54.2. The van der Waals surface area contributed by atoms with E-state index in [2.05, 4.69) is 10.0 Å². The van der Waals surface area contributed by atoms with E-state index in [1.807, 2.05) is 0 Å². The number of hydrogen-bond donors (Lipinski definition) is 3. The molecule has 2 aliphatic carbocycles. The summed E-state index contributed by atoms with van der Waals surface area (Å²) in [4.78, 5) is 12.5. The Hall–Kier alpha value is -2.10. The number of hydrogen-bond acceptors (Lipinski definition) is 4. The molecule has 1 aromatic carbocycles. The number of aliphatic hydroxyl groups excluding tert-OH is 1. The molecule has 0 saturated heterocycles. The number of allylic oxidation sites excluding steroid dienone is 3. The summed E-state index contributed by atoms with van der Waals surface area (Å²) >= 11 is 0. The predicted molar refractivity (Wildman–Crippen MR) is 101 cm³/mol. The lowest BCUT2D eigenvalue weighted by Crippen LogP contribution is -2.39. The van der Waals surface area contributed by atoms with Crippen LogP contribution >= 0.6 is 0 Å². The molecule has 1 saturated carbocycles. The summed E-state index contributed by atoms with van der Waals surface area (Å²) in [6, 6.07) is 2.76. The third kappa shape index (κ3) is 5.03. The minimum atomic E-state index is -3.76. The van der Waals surface area contributed by atoms with Gasteiger partial charge < -0.3 is 10.4 Å². The fourth-order valence-corrected chi connectivity index (χ4v) is 4.81. The number of anilines is 1. The lowest BCUT2D eigenvalue weighted by atomic mass is 9.94. The quantitative estimate of drug-likeness (QED) is 0.693. The van der Waals surface area contributed by atoms with Gasteiger partial charge in [-0.1, -0.05) is 12.2 Å². The first-order chi connectivity index (χ1) is 13.2. The molecular formula is C19H22F2N2O4S. The number of halogens is 2. The number of rotatable bonds is 5. The molecule has 1 unspecified atom stereocenters. The zero-order chi connectivity index (χ0) is 20.3. The van der Waals surface area contributed by atoms with Crippen LogP contribution in [0.4, 0.5) is 14.5 Å². The number of nitrogens with one attached hydrogen (secondary N) is 2. The molecule has 0 bridgehead atoms. The van der Waals surface area contributed by atoms with Crippen LogP contribution < -0.4 is 10.0 Å². The lowest BCUT2D eigenvalue weighted by Gasteiger charge is -2.27. The molecule has 0 aromatic heterocycles. The van der Waals surface area contributed by atoms with Crippen molar-refractivity contribution in [2.45, 2.75) is 44.2 Å². The molecule has 0 radical (unpaired) electrons. The lowest BCUT2D eigenvalue weighted by molar-refractivity contribution is -0.118. The third-order valence-corrected chi connectivity index (χ3v) is 6.57. The van der Waals surface area contributed by atoms with Crippen molar-refractivity contribution in [3.8, 4) is 0 Å². The Morgan fingerprint density at radius 1 is 1.11 bits per heavy atom. The van der Waals surface area contributed by atoms with Crippen LogP contribution in [0.3, 0.4) is 0 Å². The van der Waals surface area contributed by atoms with Crippen LogP contribution in [-0.4, -0.2) is 31.6 Å². The van der Waals surface area contributed by atoms with Crippen molar-refractivity contribution in [1.29, 1.82) is 0 Å². The fraction of sp³-hybridized carbons (Fsp3) is 0.421. The Morgan fingerprint density at radius 3 is 2.50 bits per heavy atom. The minimum Gasteiger partial charge on any atom is -0.393 e. The molecule has 28 heavy (non-hydrogen) atoms. The minimum absolute atomic E-state index is 0.0311. The van der Waals surface area contributed by atoms with Gasteiger partial charge in [0.25, 0.3) is 0 Å². The Bertz CT molecular complexity index is 907. The molecule has 3 N–H and O–H groups in total. The Labute approximate surface area is 162 Å². The molecule has 0 heterocycles. The summed E-state index contributed by atoms with van der Waals surface area (Å²) in [5, 5.41) is 12.0. The molecule has 1 atom stereocenters. The standard InChI is InChI=1S/C19H22F2N2O4S/c20-17-9-6-14(11-18(17)21)22-19(25)12-2-1-3-16(10-12)28(26,27)23-13-4-7-15(24)8-5-13/h1-3,6,9,11-13,15,23-24H,4-5,7-8,10H2,(H,22,25). The predicted octanol–water partition coefficient (Wildman–Crippen LogP) is 2.59. The highest BCUT2D eigenvalue weighted by molar-refractivity contribution is 7.93. The third-order valence-electron chi connectivity index (χ3n) is 4.93. The van der Waals surface area contributed by atoms with E-state index in [9.17, 15) is 27.1 Å². The van der Waals surface area contributed by atoms with Gasteiger partial charge in [-0.3, -0.25) is 4.79 Å². The van der Waals surface area contributed by atoms with E-state index >= 15 is 0 Å². The number of carbonyl (C=O) groups is 1. The molecule has 1 aromatic rings. The van der Waals surface area contributed by atoms with Gasteiger partial charge in [-0.05, 0) is 50.3 Å². The Balaban J connectivity index is 1.62. The molecule has 3 rings (SSSR count). The topological polar surface area (TPSA) is 95.5 Å². The van der Waals surface area contributed by atoms with E-state index in [1.54, 1.807) is 6.08 Å². The summed E-state index contributed by atoms with van der Waals surface area (Å²) in [5.41, 5.74) is 0.0927. The van der Waals surface area contributed by atoms with Gasteiger partial charge in [0.1, 0.15) is 0 Å². The first-order valence-electron chi connectivity index (χ1n) is 9.08. The van der Waals surface area contributed by atoms with Crippen molar-refractivity contribution in [1.82, 2.24) is 4.72 Å². The average molecular weight is 412 g/mol. The Kier molecular flexibility index (Phi) is 6.26. The smallest absolute Gasteiger partial charge is 0.236 e. The summed E-state index contributed by atoms with van der Waals surface area (Å²) in [6.45, 7) is 0. The highest BCUT2D eigenvalue weighted by Crippen LogP contribution is 2.26. The number of carbonyl (C=O) groups excluding carboxylic acids is 1. The molecule has 2 aliphatic rings. The van der Waals surface area contributed by atoms with Gasteiger partial charge in [0.2, 0.25) is 15.9 Å². The second-order valence-corrected chi connectivity index (χ2v) is 8.84. The molecule has 9 heteroatoms. The van der Waals surface area contributed by atoms with Gasteiger partial charge in [0, 0.05) is 17.8 Å². The molecule has 0 spiro atoms. The van der Waals surface area contributed by atoms with Crippen LogP contribution in [0.25, 0.3) is 0 Å². The van der Waals surface area contributed by atoms with Gasteiger partial charge in [0.05, 0.1) is 16.9 Å². The Morgan fingerprint density at radius 2 is 1.82 bits per heavy atom. The molecule has 1 fully saturated rings.